The van der Waals surface area contributed by atoms with E-state index in [2.05, 4.69) is 5.32 Å². The van der Waals surface area contributed by atoms with Crippen molar-refractivity contribution in [3.63, 3.8) is 0 Å². The van der Waals surface area contributed by atoms with Crippen molar-refractivity contribution in [1.82, 2.24) is 5.32 Å². The minimum Gasteiger partial charge on any atom is -0.345 e. The maximum absolute atomic E-state index is 12.2. The molecule has 0 radical (unpaired) electrons. The zero-order chi connectivity index (χ0) is 13.7. The molecule has 1 atom stereocenters. The molecular formula is C16H16ClNO. The van der Waals surface area contributed by atoms with E-state index < -0.39 is 0 Å². The predicted molar refractivity (Wildman–Crippen MR) is 78.4 cm³/mol. The van der Waals surface area contributed by atoms with Crippen LogP contribution in [0.15, 0.2) is 54.6 Å². The first-order chi connectivity index (χ1) is 9.22. The highest BCUT2D eigenvalue weighted by molar-refractivity contribution is 6.33. The van der Waals surface area contributed by atoms with Crippen molar-refractivity contribution in [3.05, 3.63) is 70.7 Å². The van der Waals surface area contributed by atoms with E-state index >= 15 is 0 Å². The number of carbonyl (C=O) groups excluding carboxylic acids is 1. The van der Waals surface area contributed by atoms with E-state index in [1.54, 1.807) is 12.1 Å². The van der Waals surface area contributed by atoms with Gasteiger partial charge in [0.15, 0.2) is 0 Å². The van der Waals surface area contributed by atoms with Gasteiger partial charge in [-0.25, -0.2) is 0 Å². The molecule has 98 valence electrons. The van der Waals surface area contributed by atoms with Crippen LogP contribution in [0.1, 0.15) is 35.3 Å². The summed E-state index contributed by atoms with van der Waals surface area (Å²) in [4.78, 5) is 12.2. The molecule has 0 bridgehead atoms. The van der Waals surface area contributed by atoms with Gasteiger partial charge in [-0.2, -0.15) is 0 Å². The van der Waals surface area contributed by atoms with E-state index in [0.717, 1.165) is 12.0 Å². The summed E-state index contributed by atoms with van der Waals surface area (Å²) in [6.07, 6.45) is 0.834. The first-order valence-corrected chi connectivity index (χ1v) is 6.70. The van der Waals surface area contributed by atoms with Crippen LogP contribution < -0.4 is 5.32 Å². The van der Waals surface area contributed by atoms with Crippen molar-refractivity contribution < 1.29 is 4.79 Å². The molecule has 0 aliphatic carbocycles. The second-order valence-corrected chi connectivity index (χ2v) is 4.73. The van der Waals surface area contributed by atoms with E-state index in [9.17, 15) is 4.79 Å². The van der Waals surface area contributed by atoms with E-state index in [4.69, 9.17) is 11.6 Å². The summed E-state index contributed by atoms with van der Waals surface area (Å²) in [6, 6.07) is 17.0. The van der Waals surface area contributed by atoms with Crippen LogP contribution in [0.4, 0.5) is 0 Å². The van der Waals surface area contributed by atoms with Gasteiger partial charge < -0.3 is 5.32 Å². The Kier molecular flexibility index (Phi) is 4.58. The Morgan fingerprint density at radius 1 is 1.11 bits per heavy atom. The summed E-state index contributed by atoms with van der Waals surface area (Å²) in [7, 11) is 0. The van der Waals surface area contributed by atoms with E-state index in [-0.39, 0.29) is 11.9 Å². The van der Waals surface area contributed by atoms with Crippen LogP contribution in [0.3, 0.4) is 0 Å². The Morgan fingerprint density at radius 2 is 1.74 bits per heavy atom. The smallest absolute Gasteiger partial charge is 0.253 e. The van der Waals surface area contributed by atoms with Crippen molar-refractivity contribution in [2.45, 2.75) is 19.4 Å². The van der Waals surface area contributed by atoms with Gasteiger partial charge in [0.25, 0.3) is 5.91 Å². The van der Waals surface area contributed by atoms with Gasteiger partial charge in [-0.1, -0.05) is 61.0 Å². The summed E-state index contributed by atoms with van der Waals surface area (Å²) in [5.74, 6) is -0.138. The fourth-order valence-electron chi connectivity index (χ4n) is 1.99. The predicted octanol–water partition coefficient (Wildman–Crippen LogP) is 4.22. The van der Waals surface area contributed by atoms with Crippen LogP contribution >= 0.6 is 11.6 Å². The van der Waals surface area contributed by atoms with Crippen molar-refractivity contribution >= 4 is 17.5 Å². The van der Waals surface area contributed by atoms with Gasteiger partial charge in [0, 0.05) is 0 Å². The molecule has 0 aromatic heterocycles. The monoisotopic (exact) mass is 273 g/mol. The second kappa shape index (κ2) is 6.39. The molecule has 2 nitrogen and oxygen atoms in total. The highest BCUT2D eigenvalue weighted by Crippen LogP contribution is 2.19. The number of hydrogen-bond donors (Lipinski definition) is 1. The Bertz CT molecular complexity index is 554. The molecule has 19 heavy (non-hydrogen) atoms. The van der Waals surface area contributed by atoms with Gasteiger partial charge >= 0.3 is 0 Å². The van der Waals surface area contributed by atoms with Crippen LogP contribution in [0, 0.1) is 0 Å². The molecule has 0 aliphatic rings. The van der Waals surface area contributed by atoms with Crippen molar-refractivity contribution in [1.29, 1.82) is 0 Å². The second-order valence-electron chi connectivity index (χ2n) is 4.32. The molecule has 1 unspecified atom stereocenters. The largest absolute Gasteiger partial charge is 0.345 e. The Hall–Kier alpha value is -1.80. The molecule has 0 saturated heterocycles. The van der Waals surface area contributed by atoms with Gasteiger partial charge in [0.05, 0.1) is 16.6 Å². The van der Waals surface area contributed by atoms with E-state index in [0.29, 0.717) is 10.6 Å². The lowest BCUT2D eigenvalue weighted by Gasteiger charge is -2.17. The van der Waals surface area contributed by atoms with Crippen molar-refractivity contribution in [3.8, 4) is 0 Å². The van der Waals surface area contributed by atoms with E-state index in [1.165, 1.54) is 0 Å². The third-order valence-corrected chi connectivity index (χ3v) is 3.36. The average molecular weight is 274 g/mol. The summed E-state index contributed by atoms with van der Waals surface area (Å²) in [5.41, 5.74) is 1.61. The van der Waals surface area contributed by atoms with Crippen molar-refractivity contribution in [2.75, 3.05) is 0 Å². The number of amides is 1. The molecule has 2 rings (SSSR count). The Balaban J connectivity index is 2.16. The summed E-state index contributed by atoms with van der Waals surface area (Å²) in [6.45, 7) is 2.05. The summed E-state index contributed by atoms with van der Waals surface area (Å²) >= 11 is 6.03. The lowest BCUT2D eigenvalue weighted by molar-refractivity contribution is 0.0935. The fourth-order valence-corrected chi connectivity index (χ4v) is 2.21. The molecule has 1 amide bonds. The lowest BCUT2D eigenvalue weighted by Crippen LogP contribution is -2.28. The molecule has 0 spiro atoms. The molecule has 0 aliphatic heterocycles. The van der Waals surface area contributed by atoms with Gasteiger partial charge in [-0.3, -0.25) is 4.79 Å². The molecule has 1 N–H and O–H groups in total. The Labute approximate surface area is 118 Å². The molecule has 2 aromatic carbocycles. The quantitative estimate of drug-likeness (QED) is 0.888. The molecule has 2 aromatic rings. The number of rotatable bonds is 4. The number of benzene rings is 2. The van der Waals surface area contributed by atoms with Gasteiger partial charge in [-0.15, -0.1) is 0 Å². The normalized spacial score (nSPS) is 11.9. The van der Waals surface area contributed by atoms with Crippen molar-refractivity contribution in [2.24, 2.45) is 0 Å². The number of carbonyl (C=O) groups is 1. The van der Waals surface area contributed by atoms with Gasteiger partial charge in [0.1, 0.15) is 0 Å². The third kappa shape index (κ3) is 3.36. The number of nitrogens with one attached hydrogen (secondary N) is 1. The van der Waals surface area contributed by atoms with Gasteiger partial charge in [-0.05, 0) is 24.1 Å². The topological polar surface area (TPSA) is 29.1 Å². The lowest BCUT2D eigenvalue weighted by atomic mass is 10.0. The van der Waals surface area contributed by atoms with Crippen LogP contribution in [-0.4, -0.2) is 5.91 Å². The first-order valence-electron chi connectivity index (χ1n) is 6.32. The average Bonchev–Trinajstić information content (AvgIpc) is 2.46. The van der Waals surface area contributed by atoms with Gasteiger partial charge in [0.2, 0.25) is 0 Å². The highest BCUT2D eigenvalue weighted by Gasteiger charge is 2.15. The highest BCUT2D eigenvalue weighted by atomic mass is 35.5. The zero-order valence-corrected chi connectivity index (χ0v) is 11.5. The molecule has 0 saturated carbocycles. The fraction of sp³-hybridized carbons (Fsp3) is 0.188. The zero-order valence-electron chi connectivity index (χ0n) is 10.8. The molecule has 0 heterocycles. The Morgan fingerprint density at radius 3 is 2.37 bits per heavy atom. The molecule has 3 heteroatoms. The summed E-state index contributed by atoms with van der Waals surface area (Å²) < 4.78 is 0. The number of halogens is 1. The summed E-state index contributed by atoms with van der Waals surface area (Å²) in [5, 5.41) is 3.49. The maximum atomic E-state index is 12.2. The molecule has 0 fully saturated rings. The van der Waals surface area contributed by atoms with Crippen LogP contribution in [0.5, 0.6) is 0 Å². The number of hydrogen-bond acceptors (Lipinski definition) is 1. The van der Waals surface area contributed by atoms with Crippen LogP contribution in [-0.2, 0) is 0 Å². The SMILES string of the molecule is CCC(NC(=O)c1ccccc1Cl)c1ccccc1. The minimum atomic E-state index is -0.138. The molecular weight excluding hydrogens is 258 g/mol. The van der Waals surface area contributed by atoms with Crippen LogP contribution in [0.25, 0.3) is 0 Å². The minimum absolute atomic E-state index is 0.00460. The van der Waals surface area contributed by atoms with E-state index in [1.807, 2.05) is 49.4 Å². The standard InChI is InChI=1S/C16H16ClNO/c1-2-15(12-8-4-3-5-9-12)18-16(19)13-10-6-7-11-14(13)17/h3-11,15H,2H2,1H3,(H,18,19). The first kappa shape index (κ1) is 13.6. The third-order valence-electron chi connectivity index (χ3n) is 3.03. The van der Waals surface area contributed by atoms with Crippen LogP contribution in [0.2, 0.25) is 5.02 Å². The maximum Gasteiger partial charge on any atom is 0.253 e.